The van der Waals surface area contributed by atoms with Crippen molar-refractivity contribution in [1.29, 1.82) is 0 Å². The average molecular weight is 630 g/mol. The van der Waals surface area contributed by atoms with E-state index in [2.05, 4.69) is 41.9 Å². The van der Waals surface area contributed by atoms with E-state index in [0.717, 1.165) is 39.6 Å². The summed E-state index contributed by atoms with van der Waals surface area (Å²) in [6.45, 7) is 23.3. The molecule has 0 aromatic carbocycles. The van der Waals surface area contributed by atoms with Gasteiger partial charge in [-0.2, -0.15) is 0 Å². The molecule has 0 spiro atoms. The molecule has 0 saturated carbocycles. The van der Waals surface area contributed by atoms with Crippen LogP contribution in [0.5, 0.6) is 0 Å². The molecule has 0 radical (unpaired) electrons. The van der Waals surface area contributed by atoms with E-state index in [1.54, 1.807) is 0 Å². The van der Waals surface area contributed by atoms with Gasteiger partial charge in [-0.3, -0.25) is 0 Å². The molecule has 0 aliphatic carbocycles. The van der Waals surface area contributed by atoms with Gasteiger partial charge in [0.1, 0.15) is 39.3 Å². The van der Waals surface area contributed by atoms with Crippen molar-refractivity contribution in [3.8, 4) is 0 Å². The molecule has 9 heteroatoms. The van der Waals surface area contributed by atoms with Crippen LogP contribution in [0.4, 0.5) is 0 Å². The largest absolute Gasteiger partial charge is 1.00 e. The highest BCUT2D eigenvalue weighted by Gasteiger charge is 2.23. The molecule has 0 N–H and O–H groups in total. The first-order valence-electron chi connectivity index (χ1n) is 11.0. The van der Waals surface area contributed by atoms with Crippen molar-refractivity contribution in [1.82, 2.24) is 0 Å². The molecule has 3 aliphatic rings. The fraction of sp³-hybridized carbons (Fsp3) is 1.00. The van der Waals surface area contributed by atoms with Gasteiger partial charge in [0, 0.05) is 0 Å². The highest BCUT2D eigenvalue weighted by molar-refractivity contribution is 4.45. The van der Waals surface area contributed by atoms with Crippen LogP contribution in [0.2, 0.25) is 0 Å². The molecule has 0 aromatic rings. The summed E-state index contributed by atoms with van der Waals surface area (Å²) < 4.78 is 19.3. The van der Waals surface area contributed by atoms with Crippen molar-refractivity contribution in [3.05, 3.63) is 0 Å². The maximum atomic E-state index is 5.25. The summed E-state index contributed by atoms with van der Waals surface area (Å²) in [6.07, 6.45) is 0. The maximum absolute atomic E-state index is 5.25. The van der Waals surface area contributed by atoms with E-state index in [-0.39, 0.29) is 50.9 Å². The van der Waals surface area contributed by atoms with Gasteiger partial charge in [0.15, 0.2) is 0 Å². The highest BCUT2D eigenvalue weighted by Crippen LogP contribution is 2.06. The molecule has 0 amide bonds. The minimum Gasteiger partial charge on any atom is -1.00 e. The summed E-state index contributed by atoms with van der Waals surface area (Å²) in [5.41, 5.74) is 0. The maximum Gasteiger partial charge on any atom is 0.102 e. The minimum absolute atomic E-state index is 0. The smallest absolute Gasteiger partial charge is 0.102 e. The molecule has 0 bridgehead atoms. The zero-order valence-corrected chi connectivity index (χ0v) is 25.1. The lowest BCUT2D eigenvalue weighted by Gasteiger charge is -2.36. The van der Waals surface area contributed by atoms with Gasteiger partial charge in [0.05, 0.1) is 80.4 Å². The summed E-state index contributed by atoms with van der Waals surface area (Å²) in [6, 6.07) is 0. The first kappa shape index (κ1) is 35.8. The van der Waals surface area contributed by atoms with E-state index in [1.807, 2.05) is 0 Å². The van der Waals surface area contributed by atoms with Gasteiger partial charge >= 0.3 is 0 Å². The molecule has 0 unspecified atom stereocenters. The van der Waals surface area contributed by atoms with Crippen molar-refractivity contribution in [2.24, 2.45) is 0 Å². The Morgan fingerprint density at radius 1 is 0.433 bits per heavy atom. The highest BCUT2D eigenvalue weighted by atomic mass is 79.9. The molecule has 186 valence electrons. The van der Waals surface area contributed by atoms with Crippen molar-refractivity contribution in [3.63, 3.8) is 0 Å². The molecule has 30 heavy (non-hydrogen) atoms. The first-order chi connectivity index (χ1) is 12.8. The van der Waals surface area contributed by atoms with Gasteiger partial charge < -0.3 is 78.6 Å². The molecule has 6 nitrogen and oxygen atoms in total. The molecular weight excluding hydrogens is 582 g/mol. The van der Waals surface area contributed by atoms with E-state index in [4.69, 9.17) is 14.2 Å². The third-order valence-electron chi connectivity index (χ3n) is 6.94. The zero-order chi connectivity index (χ0) is 20.2. The van der Waals surface area contributed by atoms with Crippen LogP contribution in [0.15, 0.2) is 0 Å². The van der Waals surface area contributed by atoms with Gasteiger partial charge in [-0.25, -0.2) is 0 Å². The van der Waals surface area contributed by atoms with Crippen LogP contribution in [-0.2, 0) is 14.2 Å². The number of likely N-dealkylation sites (N-methyl/N-ethyl adjacent to an activating group) is 3. The molecule has 3 aliphatic heterocycles. The van der Waals surface area contributed by atoms with Crippen molar-refractivity contribution in [2.75, 3.05) is 120 Å². The average Bonchev–Trinajstić information content (AvgIpc) is 2.71. The van der Waals surface area contributed by atoms with E-state index >= 15 is 0 Å². The van der Waals surface area contributed by atoms with Gasteiger partial charge in [-0.1, -0.05) is 0 Å². The molecular formula is C21H48Br3N3O3. The number of hydrogen-bond donors (Lipinski definition) is 0. The molecule has 0 atom stereocenters. The summed E-state index contributed by atoms with van der Waals surface area (Å²) >= 11 is 0. The van der Waals surface area contributed by atoms with Crippen LogP contribution in [0.1, 0.15) is 20.8 Å². The first-order valence-corrected chi connectivity index (χ1v) is 11.0. The van der Waals surface area contributed by atoms with E-state index in [1.165, 1.54) is 72.4 Å². The Labute approximate surface area is 218 Å². The molecule has 3 fully saturated rings. The Hall–Kier alpha value is 1.20. The number of nitrogens with zero attached hydrogens (tertiary/aromatic N) is 3. The Morgan fingerprint density at radius 2 is 0.600 bits per heavy atom. The summed E-state index contributed by atoms with van der Waals surface area (Å²) in [5.74, 6) is 0. The molecule has 3 heterocycles. The second-order valence-electron chi connectivity index (χ2n) is 8.99. The van der Waals surface area contributed by atoms with Crippen LogP contribution in [0.25, 0.3) is 0 Å². The van der Waals surface area contributed by atoms with Crippen molar-refractivity contribution < 1.29 is 78.6 Å². The number of quaternary nitrogens is 3. The fourth-order valence-electron chi connectivity index (χ4n) is 3.30. The monoisotopic (exact) mass is 627 g/mol. The number of ether oxygens (including phenoxy) is 3. The quantitative estimate of drug-likeness (QED) is 0.291. The van der Waals surface area contributed by atoms with Gasteiger partial charge in [0.25, 0.3) is 0 Å². The fourth-order valence-corrected chi connectivity index (χ4v) is 3.30. The SMILES string of the molecule is CC[N+]1(C)CCOCC1.CC[N+]1(C)CCOCC1.CC[N+]1(C)CCOCC1.[Br-].[Br-].[Br-]. The second-order valence-corrected chi connectivity index (χ2v) is 8.99. The van der Waals surface area contributed by atoms with Gasteiger partial charge in [-0.05, 0) is 20.8 Å². The zero-order valence-electron chi connectivity index (χ0n) is 20.3. The number of rotatable bonds is 3. The predicted octanol–water partition coefficient (Wildman–Crippen LogP) is -7.54. The lowest BCUT2D eigenvalue weighted by molar-refractivity contribution is -0.915. The lowest BCUT2D eigenvalue weighted by atomic mass is 10.3. The van der Waals surface area contributed by atoms with Crippen molar-refractivity contribution >= 4 is 0 Å². The third-order valence-corrected chi connectivity index (χ3v) is 6.94. The Morgan fingerprint density at radius 3 is 0.700 bits per heavy atom. The van der Waals surface area contributed by atoms with Crippen LogP contribution < -0.4 is 50.9 Å². The minimum atomic E-state index is 0. The Kier molecular flexibility index (Phi) is 22.2. The van der Waals surface area contributed by atoms with Crippen LogP contribution in [0, 0.1) is 0 Å². The Balaban J connectivity index is -0.000000347. The topological polar surface area (TPSA) is 27.7 Å². The second kappa shape index (κ2) is 18.6. The summed E-state index contributed by atoms with van der Waals surface area (Å²) in [5, 5.41) is 0. The summed E-state index contributed by atoms with van der Waals surface area (Å²) in [7, 11) is 6.88. The van der Waals surface area contributed by atoms with Gasteiger partial charge in [-0.15, -0.1) is 0 Å². The predicted molar refractivity (Wildman–Crippen MR) is 112 cm³/mol. The Bertz CT molecular complexity index is 332. The normalized spacial score (nSPS) is 23.4. The number of halogens is 3. The van der Waals surface area contributed by atoms with Gasteiger partial charge in [0.2, 0.25) is 0 Å². The van der Waals surface area contributed by atoms with Crippen molar-refractivity contribution in [2.45, 2.75) is 20.8 Å². The van der Waals surface area contributed by atoms with Crippen LogP contribution in [0.3, 0.4) is 0 Å². The van der Waals surface area contributed by atoms with E-state index in [0.29, 0.717) is 0 Å². The molecule has 3 saturated heterocycles. The number of hydrogen-bond acceptors (Lipinski definition) is 3. The van der Waals surface area contributed by atoms with E-state index in [9.17, 15) is 0 Å². The van der Waals surface area contributed by atoms with Crippen LogP contribution in [-0.4, -0.2) is 133 Å². The number of morpholine rings is 3. The standard InChI is InChI=1S/3C7H16NO.3BrH/c3*1-3-8(2)4-6-9-7-5-8;;;/h3*3-7H2,1-2H3;3*1H/q3*+1;;;/p-3. The molecule has 3 rings (SSSR count). The summed E-state index contributed by atoms with van der Waals surface area (Å²) in [4.78, 5) is 0. The lowest BCUT2D eigenvalue weighted by Crippen LogP contribution is -3.00. The molecule has 0 aromatic heterocycles. The van der Waals surface area contributed by atoms with Crippen LogP contribution >= 0.6 is 0 Å². The van der Waals surface area contributed by atoms with E-state index < -0.39 is 0 Å². The third kappa shape index (κ3) is 14.4.